The van der Waals surface area contributed by atoms with Gasteiger partial charge in [0.2, 0.25) is 0 Å². The largest absolute Gasteiger partial charge is 0.481 e. The van der Waals surface area contributed by atoms with E-state index in [0.717, 1.165) is 19.4 Å². The summed E-state index contributed by atoms with van der Waals surface area (Å²) < 4.78 is 0. The molecule has 0 spiro atoms. The van der Waals surface area contributed by atoms with Crippen LogP contribution in [0.1, 0.15) is 46.0 Å². The predicted molar refractivity (Wildman–Crippen MR) is 71.9 cm³/mol. The number of aliphatic carboxylic acids is 1. The Bertz CT molecular complexity index is 349. The monoisotopic (exact) mass is 268 g/mol. The molecule has 0 bridgehead atoms. The number of nitrogens with zero attached hydrogens (tertiary/aromatic N) is 1. The summed E-state index contributed by atoms with van der Waals surface area (Å²) in [5.41, 5.74) is 0. The second kappa shape index (κ2) is 5.80. The first kappa shape index (κ1) is 14.2. The lowest BCUT2D eigenvalue weighted by molar-refractivity contribution is -0.137. The molecule has 2 aliphatic carbocycles. The molecule has 0 aromatic rings. The number of carbonyl (C=O) groups is 2. The standard InChI is InChI=1S/C14H24N2O3/c1-9(2)16(8-10-3-4-10)14(19)15-12(7-13(17)18)11-5-6-11/h9-12H,3-8H2,1-2H3,(H,15,19)(H,17,18). The number of rotatable bonds is 7. The normalized spacial score (nSPS) is 20.2. The Morgan fingerprint density at radius 1 is 1.26 bits per heavy atom. The highest BCUT2D eigenvalue weighted by Gasteiger charge is 2.35. The minimum atomic E-state index is -0.838. The summed E-state index contributed by atoms with van der Waals surface area (Å²) in [5, 5.41) is 11.8. The molecule has 0 aromatic carbocycles. The van der Waals surface area contributed by atoms with Crippen LogP contribution in [-0.4, -0.2) is 40.6 Å². The molecule has 2 saturated carbocycles. The summed E-state index contributed by atoms with van der Waals surface area (Å²) in [7, 11) is 0. The molecule has 5 nitrogen and oxygen atoms in total. The number of hydrogen-bond acceptors (Lipinski definition) is 2. The van der Waals surface area contributed by atoms with E-state index in [2.05, 4.69) is 5.32 Å². The fourth-order valence-electron chi connectivity index (χ4n) is 2.37. The molecule has 5 heteroatoms. The molecule has 1 atom stereocenters. The lowest BCUT2D eigenvalue weighted by Crippen LogP contribution is -2.49. The van der Waals surface area contributed by atoms with Gasteiger partial charge in [-0.2, -0.15) is 0 Å². The number of hydrogen-bond donors (Lipinski definition) is 2. The van der Waals surface area contributed by atoms with E-state index in [4.69, 9.17) is 5.11 Å². The SMILES string of the molecule is CC(C)N(CC1CC1)C(=O)NC(CC(=O)O)C1CC1. The molecule has 2 N–H and O–H groups in total. The molecular weight excluding hydrogens is 244 g/mol. The number of nitrogens with one attached hydrogen (secondary N) is 1. The summed E-state index contributed by atoms with van der Waals surface area (Å²) in [6, 6.07) is -0.143. The fraction of sp³-hybridized carbons (Fsp3) is 0.857. The second-order valence-corrected chi connectivity index (χ2v) is 6.18. The molecule has 0 saturated heterocycles. The highest BCUT2D eigenvalue weighted by molar-refractivity contribution is 5.76. The zero-order valence-electron chi connectivity index (χ0n) is 11.8. The van der Waals surface area contributed by atoms with Crippen LogP contribution < -0.4 is 5.32 Å². The second-order valence-electron chi connectivity index (χ2n) is 6.18. The van der Waals surface area contributed by atoms with Crippen LogP contribution in [0.25, 0.3) is 0 Å². The number of carboxylic acids is 1. The molecule has 2 amide bonds. The Kier molecular flexibility index (Phi) is 4.32. The molecule has 2 rings (SSSR count). The van der Waals surface area contributed by atoms with Crippen molar-refractivity contribution in [2.45, 2.75) is 58.0 Å². The van der Waals surface area contributed by atoms with Crippen LogP contribution in [0.4, 0.5) is 4.79 Å². The number of amides is 2. The van der Waals surface area contributed by atoms with Crippen molar-refractivity contribution in [3.05, 3.63) is 0 Å². The lowest BCUT2D eigenvalue weighted by Gasteiger charge is -2.29. The summed E-state index contributed by atoms with van der Waals surface area (Å²) in [4.78, 5) is 25.0. The number of carbonyl (C=O) groups excluding carboxylic acids is 1. The van der Waals surface area contributed by atoms with Crippen molar-refractivity contribution in [1.82, 2.24) is 10.2 Å². The van der Waals surface area contributed by atoms with Gasteiger partial charge in [-0.15, -0.1) is 0 Å². The number of urea groups is 1. The summed E-state index contributed by atoms with van der Waals surface area (Å²) in [6.45, 7) is 4.81. The molecule has 0 aliphatic heterocycles. The topological polar surface area (TPSA) is 69.6 Å². The molecule has 19 heavy (non-hydrogen) atoms. The quantitative estimate of drug-likeness (QED) is 0.742. The van der Waals surface area contributed by atoms with Gasteiger partial charge in [-0.3, -0.25) is 4.79 Å². The average molecular weight is 268 g/mol. The summed E-state index contributed by atoms with van der Waals surface area (Å²) in [6.07, 6.45) is 4.51. The van der Waals surface area contributed by atoms with Crippen molar-refractivity contribution in [2.75, 3.05) is 6.54 Å². The van der Waals surface area contributed by atoms with E-state index in [1.54, 1.807) is 0 Å². The highest BCUT2D eigenvalue weighted by Crippen LogP contribution is 2.34. The Morgan fingerprint density at radius 3 is 2.32 bits per heavy atom. The van der Waals surface area contributed by atoms with Crippen LogP contribution in [-0.2, 0) is 4.79 Å². The maximum Gasteiger partial charge on any atom is 0.317 e. The van der Waals surface area contributed by atoms with E-state index in [1.165, 1.54) is 12.8 Å². The van der Waals surface area contributed by atoms with Crippen molar-refractivity contribution in [1.29, 1.82) is 0 Å². The maximum atomic E-state index is 12.3. The molecule has 2 aliphatic rings. The van der Waals surface area contributed by atoms with Gasteiger partial charge >= 0.3 is 12.0 Å². The molecule has 2 fully saturated rings. The van der Waals surface area contributed by atoms with Crippen LogP contribution in [0.3, 0.4) is 0 Å². The molecular formula is C14H24N2O3. The predicted octanol–water partition coefficient (Wildman–Crippen LogP) is 2.07. The van der Waals surface area contributed by atoms with Gasteiger partial charge in [0.15, 0.2) is 0 Å². The minimum Gasteiger partial charge on any atom is -0.481 e. The lowest BCUT2D eigenvalue weighted by atomic mass is 10.1. The van der Waals surface area contributed by atoms with Crippen molar-refractivity contribution in [3.63, 3.8) is 0 Å². The van der Waals surface area contributed by atoms with E-state index in [-0.39, 0.29) is 24.5 Å². The maximum absolute atomic E-state index is 12.3. The van der Waals surface area contributed by atoms with Gasteiger partial charge in [-0.05, 0) is 51.4 Å². The van der Waals surface area contributed by atoms with E-state index in [1.807, 2.05) is 18.7 Å². The van der Waals surface area contributed by atoms with Gasteiger partial charge in [0, 0.05) is 18.6 Å². The Labute approximate surface area is 114 Å². The first-order valence-electron chi connectivity index (χ1n) is 7.26. The first-order chi connectivity index (χ1) is 8.97. The molecule has 108 valence electrons. The summed E-state index contributed by atoms with van der Waals surface area (Å²) in [5.74, 6) is 0.164. The summed E-state index contributed by atoms with van der Waals surface area (Å²) >= 11 is 0. The van der Waals surface area contributed by atoms with Crippen molar-refractivity contribution < 1.29 is 14.7 Å². The van der Waals surface area contributed by atoms with E-state index in [0.29, 0.717) is 11.8 Å². The third-order valence-corrected chi connectivity index (χ3v) is 3.93. The Hall–Kier alpha value is -1.26. The van der Waals surface area contributed by atoms with Crippen LogP contribution in [0.5, 0.6) is 0 Å². The fourth-order valence-corrected chi connectivity index (χ4v) is 2.37. The first-order valence-corrected chi connectivity index (χ1v) is 7.26. The third-order valence-electron chi connectivity index (χ3n) is 3.93. The third kappa shape index (κ3) is 4.40. The van der Waals surface area contributed by atoms with Crippen molar-refractivity contribution in [3.8, 4) is 0 Å². The van der Waals surface area contributed by atoms with Crippen LogP contribution in [0, 0.1) is 11.8 Å². The van der Waals surface area contributed by atoms with Crippen molar-refractivity contribution >= 4 is 12.0 Å². The zero-order valence-corrected chi connectivity index (χ0v) is 11.8. The number of carboxylic acid groups (broad SMARTS) is 1. The smallest absolute Gasteiger partial charge is 0.317 e. The van der Waals surface area contributed by atoms with Gasteiger partial charge in [0.25, 0.3) is 0 Å². The van der Waals surface area contributed by atoms with Gasteiger partial charge in [-0.1, -0.05) is 0 Å². The van der Waals surface area contributed by atoms with Crippen LogP contribution in [0.2, 0.25) is 0 Å². The van der Waals surface area contributed by atoms with Gasteiger partial charge in [-0.25, -0.2) is 4.79 Å². The Balaban J connectivity index is 1.89. The highest BCUT2D eigenvalue weighted by atomic mass is 16.4. The zero-order chi connectivity index (χ0) is 14.0. The van der Waals surface area contributed by atoms with E-state index >= 15 is 0 Å². The molecule has 0 heterocycles. The van der Waals surface area contributed by atoms with Gasteiger partial charge in [0.05, 0.1) is 6.42 Å². The van der Waals surface area contributed by atoms with Crippen LogP contribution >= 0.6 is 0 Å². The molecule has 1 unspecified atom stereocenters. The minimum absolute atomic E-state index is 0.0335. The van der Waals surface area contributed by atoms with Crippen molar-refractivity contribution in [2.24, 2.45) is 11.8 Å². The van der Waals surface area contributed by atoms with E-state index in [9.17, 15) is 9.59 Å². The van der Waals surface area contributed by atoms with Crippen LogP contribution in [0.15, 0.2) is 0 Å². The average Bonchev–Trinajstić information content (AvgIpc) is 3.15. The van der Waals surface area contributed by atoms with E-state index < -0.39 is 5.97 Å². The molecule has 0 aromatic heterocycles. The van der Waals surface area contributed by atoms with Gasteiger partial charge < -0.3 is 15.3 Å². The Morgan fingerprint density at radius 2 is 1.89 bits per heavy atom. The molecule has 0 radical (unpaired) electrons. The van der Waals surface area contributed by atoms with Gasteiger partial charge in [0.1, 0.15) is 0 Å².